The molecule has 1 fully saturated rings. The van der Waals surface area contributed by atoms with E-state index in [4.69, 9.17) is 27.9 Å². The molecule has 0 spiro atoms. The van der Waals surface area contributed by atoms with Crippen molar-refractivity contribution in [3.05, 3.63) is 94.1 Å². The van der Waals surface area contributed by atoms with Crippen LogP contribution in [0.1, 0.15) is 15.9 Å². The molecular formula is C28H26Cl2N4O2S. The smallest absolute Gasteiger partial charge is 0.254 e. The third kappa shape index (κ3) is 5.80. The van der Waals surface area contributed by atoms with Crippen LogP contribution in [0.25, 0.3) is 10.9 Å². The molecule has 9 heteroatoms. The molecule has 3 aromatic carbocycles. The lowest BCUT2D eigenvalue weighted by Crippen LogP contribution is -2.48. The number of nitrogens with one attached hydrogen (secondary N) is 1. The van der Waals surface area contributed by atoms with Gasteiger partial charge in [0.1, 0.15) is 5.75 Å². The zero-order valence-electron chi connectivity index (χ0n) is 20.3. The quantitative estimate of drug-likeness (QED) is 0.260. The molecule has 0 aliphatic carbocycles. The van der Waals surface area contributed by atoms with Gasteiger partial charge in [-0.2, -0.15) is 0 Å². The molecule has 1 aromatic heterocycles. The number of hydrogen-bond acceptors (Lipinski definition) is 6. The van der Waals surface area contributed by atoms with Gasteiger partial charge in [0.2, 0.25) is 0 Å². The lowest BCUT2D eigenvalue weighted by molar-refractivity contribution is 0.0628. The van der Waals surface area contributed by atoms with Crippen LogP contribution in [0.4, 0.5) is 5.69 Å². The summed E-state index contributed by atoms with van der Waals surface area (Å²) in [6.07, 6.45) is 1.79. The number of carbonyl (C=O) groups excluding carboxylic acids is 1. The largest absolute Gasteiger partial charge is 0.495 e. The first kappa shape index (κ1) is 25.7. The number of fused-ring (bicyclic) bond motifs is 1. The Labute approximate surface area is 230 Å². The van der Waals surface area contributed by atoms with Gasteiger partial charge in [0.05, 0.1) is 33.3 Å². The molecule has 6 nitrogen and oxygen atoms in total. The number of benzene rings is 3. The van der Waals surface area contributed by atoms with E-state index >= 15 is 0 Å². The Morgan fingerprint density at radius 3 is 2.62 bits per heavy atom. The van der Waals surface area contributed by atoms with E-state index in [9.17, 15) is 4.79 Å². The molecule has 4 aromatic rings. The van der Waals surface area contributed by atoms with Gasteiger partial charge in [-0.3, -0.25) is 14.7 Å². The molecule has 1 N–H and O–H groups in total. The fourth-order valence-electron chi connectivity index (χ4n) is 4.38. The molecule has 1 amide bonds. The van der Waals surface area contributed by atoms with E-state index < -0.39 is 0 Å². The Morgan fingerprint density at radius 1 is 1.03 bits per heavy atom. The van der Waals surface area contributed by atoms with Crippen molar-refractivity contribution in [2.75, 3.05) is 38.0 Å². The number of aromatic nitrogens is 1. The number of halogens is 2. The molecule has 1 saturated heterocycles. The molecule has 0 bridgehead atoms. The maximum atomic E-state index is 13.2. The van der Waals surface area contributed by atoms with Crippen molar-refractivity contribution in [2.45, 2.75) is 11.4 Å². The Hall–Kier alpha value is -2.97. The first-order chi connectivity index (χ1) is 18.0. The Bertz CT molecular complexity index is 1420. The highest BCUT2D eigenvalue weighted by atomic mass is 35.5. The second kappa shape index (κ2) is 11.6. The van der Waals surface area contributed by atoms with Crippen LogP contribution in [0, 0.1) is 0 Å². The molecule has 1 aliphatic rings. The summed E-state index contributed by atoms with van der Waals surface area (Å²) in [7, 11) is 1.61. The minimum absolute atomic E-state index is 0.00352. The fraction of sp³-hybridized carbons (Fsp3) is 0.214. The van der Waals surface area contributed by atoms with Crippen molar-refractivity contribution in [3.8, 4) is 5.75 Å². The highest BCUT2D eigenvalue weighted by Gasteiger charge is 2.23. The van der Waals surface area contributed by atoms with Crippen LogP contribution >= 0.6 is 35.1 Å². The number of amides is 1. The monoisotopic (exact) mass is 552 g/mol. The lowest BCUT2D eigenvalue weighted by atomic mass is 10.1. The number of carbonyl (C=O) groups is 1. The highest BCUT2D eigenvalue weighted by molar-refractivity contribution is 8.00. The zero-order chi connectivity index (χ0) is 25.8. The number of anilines is 1. The average molecular weight is 554 g/mol. The SMILES string of the molecule is COc1cc(C(=O)N2CCN(Cc3cccc(Cl)c3Cl)CC2)ccc1NSc1cccc2cccnc12. The first-order valence-electron chi connectivity index (χ1n) is 11.9. The van der Waals surface area contributed by atoms with Crippen LogP contribution in [-0.4, -0.2) is 54.0 Å². The maximum absolute atomic E-state index is 13.2. The zero-order valence-corrected chi connectivity index (χ0v) is 22.6. The first-order valence-corrected chi connectivity index (χ1v) is 13.5. The van der Waals surface area contributed by atoms with Crippen LogP contribution in [0.3, 0.4) is 0 Å². The summed E-state index contributed by atoms with van der Waals surface area (Å²) >= 11 is 14.0. The summed E-state index contributed by atoms with van der Waals surface area (Å²) in [5.74, 6) is 0.608. The van der Waals surface area contributed by atoms with Crippen LogP contribution < -0.4 is 9.46 Å². The van der Waals surface area contributed by atoms with Crippen LogP contribution in [0.15, 0.2) is 77.8 Å². The average Bonchev–Trinajstić information content (AvgIpc) is 2.94. The number of piperazine rings is 1. The standard InChI is InChI=1S/C28H26Cl2N4O2S/c1-36-24-17-20(10-11-23(24)32-37-25-9-3-5-19-7-4-12-31-27(19)25)28(35)34-15-13-33(14-16-34)18-21-6-2-8-22(29)26(21)30/h2-12,17,32H,13-16,18H2,1H3. The fourth-order valence-corrected chi connectivity index (χ4v) is 5.56. The van der Waals surface area contributed by atoms with Crippen molar-refractivity contribution in [1.82, 2.24) is 14.8 Å². The van der Waals surface area contributed by atoms with E-state index in [1.165, 1.54) is 11.9 Å². The summed E-state index contributed by atoms with van der Waals surface area (Å²) in [5.41, 5.74) is 3.33. The minimum atomic E-state index is -0.00352. The molecule has 0 atom stereocenters. The molecular weight excluding hydrogens is 527 g/mol. The van der Waals surface area contributed by atoms with Gasteiger partial charge in [-0.1, -0.05) is 53.5 Å². The van der Waals surface area contributed by atoms with Crippen molar-refractivity contribution >= 4 is 57.6 Å². The summed E-state index contributed by atoms with van der Waals surface area (Å²) < 4.78 is 8.97. The molecule has 5 rings (SSSR count). The van der Waals surface area contributed by atoms with Gasteiger partial charge in [-0.25, -0.2) is 0 Å². The summed E-state index contributed by atoms with van der Waals surface area (Å²) in [4.78, 5) is 22.9. The third-order valence-electron chi connectivity index (χ3n) is 6.40. The van der Waals surface area contributed by atoms with Gasteiger partial charge in [0, 0.05) is 49.9 Å². The third-order valence-corrected chi connectivity index (χ3v) is 8.13. The van der Waals surface area contributed by atoms with Gasteiger partial charge in [0.25, 0.3) is 5.91 Å². The van der Waals surface area contributed by atoms with Crippen molar-refractivity contribution < 1.29 is 9.53 Å². The number of nitrogens with zero attached hydrogens (tertiary/aromatic N) is 3. The van der Waals surface area contributed by atoms with Crippen molar-refractivity contribution in [1.29, 1.82) is 0 Å². The van der Waals surface area contributed by atoms with E-state index in [1.807, 2.05) is 59.5 Å². The molecule has 0 unspecified atom stereocenters. The maximum Gasteiger partial charge on any atom is 0.254 e. The molecule has 190 valence electrons. The molecule has 0 saturated carbocycles. The van der Waals surface area contributed by atoms with Gasteiger partial charge in [0.15, 0.2) is 0 Å². The predicted octanol–water partition coefficient (Wildman–Crippen LogP) is 6.63. The molecule has 0 radical (unpaired) electrons. The Morgan fingerprint density at radius 2 is 1.81 bits per heavy atom. The van der Waals surface area contributed by atoms with E-state index in [-0.39, 0.29) is 5.91 Å². The number of hydrogen-bond donors (Lipinski definition) is 1. The van der Waals surface area contributed by atoms with Crippen molar-refractivity contribution in [2.24, 2.45) is 0 Å². The second-order valence-electron chi connectivity index (χ2n) is 8.73. The van der Waals surface area contributed by atoms with Gasteiger partial charge < -0.3 is 14.4 Å². The van der Waals surface area contributed by atoms with E-state index in [0.717, 1.165) is 40.1 Å². The van der Waals surface area contributed by atoms with E-state index in [0.29, 0.717) is 41.0 Å². The molecule has 2 heterocycles. The van der Waals surface area contributed by atoms with Crippen LogP contribution in [-0.2, 0) is 6.54 Å². The Kier molecular flexibility index (Phi) is 8.05. The number of ether oxygens (including phenoxy) is 1. The van der Waals surface area contributed by atoms with Gasteiger partial charge in [-0.05, 0) is 53.9 Å². The van der Waals surface area contributed by atoms with E-state index in [1.54, 1.807) is 25.4 Å². The Balaban J connectivity index is 1.22. The summed E-state index contributed by atoms with van der Waals surface area (Å²) in [6.45, 7) is 3.52. The number of methoxy groups -OCH3 is 1. The van der Waals surface area contributed by atoms with Gasteiger partial charge in [-0.15, -0.1) is 0 Å². The second-order valence-corrected chi connectivity index (χ2v) is 10.4. The molecule has 37 heavy (non-hydrogen) atoms. The lowest BCUT2D eigenvalue weighted by Gasteiger charge is -2.35. The molecule has 1 aliphatic heterocycles. The predicted molar refractivity (Wildman–Crippen MR) is 152 cm³/mol. The minimum Gasteiger partial charge on any atom is -0.495 e. The summed E-state index contributed by atoms with van der Waals surface area (Å²) in [5, 5.41) is 2.24. The normalized spacial score (nSPS) is 14.1. The highest BCUT2D eigenvalue weighted by Crippen LogP contribution is 2.33. The number of para-hydroxylation sites is 1. The summed E-state index contributed by atoms with van der Waals surface area (Å²) in [6, 6.07) is 21.3. The number of rotatable bonds is 7. The topological polar surface area (TPSA) is 57.7 Å². The number of pyridine rings is 1. The van der Waals surface area contributed by atoms with E-state index in [2.05, 4.69) is 14.6 Å². The van der Waals surface area contributed by atoms with Crippen LogP contribution in [0.2, 0.25) is 10.0 Å². The van der Waals surface area contributed by atoms with Crippen LogP contribution in [0.5, 0.6) is 5.75 Å². The van der Waals surface area contributed by atoms with Crippen molar-refractivity contribution in [3.63, 3.8) is 0 Å². The van der Waals surface area contributed by atoms with Gasteiger partial charge >= 0.3 is 0 Å².